The second kappa shape index (κ2) is 9.63. The maximum absolute atomic E-state index is 12.4. The van der Waals surface area contributed by atoms with Crippen molar-refractivity contribution in [1.29, 1.82) is 0 Å². The van der Waals surface area contributed by atoms with Gasteiger partial charge in [0, 0.05) is 39.8 Å². The van der Waals surface area contributed by atoms with Crippen molar-refractivity contribution in [3.05, 3.63) is 35.4 Å². The molecule has 1 aliphatic carbocycles. The number of benzene rings is 1. The second-order valence-corrected chi connectivity index (χ2v) is 10.4. The van der Waals surface area contributed by atoms with Crippen LogP contribution in [0.2, 0.25) is 0 Å². The molecule has 2 amide bonds. The van der Waals surface area contributed by atoms with Crippen molar-refractivity contribution in [2.45, 2.75) is 63.0 Å². The summed E-state index contributed by atoms with van der Waals surface area (Å²) in [7, 11) is 0. The SMILES string of the molecule is CC(=O)N[C@H]1CC2(CCN(CC3CCN(C(=O)O[C@@H]4CCOC4)CC3)CC2)c2ccccc21.[HH]. The number of carbonyl (C=O) groups excluding carboxylic acids is 2. The Morgan fingerprint density at radius 2 is 1.91 bits per heavy atom. The Kier molecular flexibility index (Phi) is 6.61. The Morgan fingerprint density at radius 3 is 2.61 bits per heavy atom. The molecule has 1 N–H and O–H groups in total. The minimum Gasteiger partial charge on any atom is -0.444 e. The lowest BCUT2D eigenvalue weighted by Gasteiger charge is -2.42. The second-order valence-electron chi connectivity index (χ2n) is 10.4. The minimum absolute atomic E-state index is 0. The first kappa shape index (κ1) is 22.7. The number of nitrogens with zero attached hydrogens (tertiary/aromatic N) is 2. The van der Waals surface area contributed by atoms with Gasteiger partial charge in [0.2, 0.25) is 5.91 Å². The van der Waals surface area contributed by atoms with Gasteiger partial charge in [-0.25, -0.2) is 4.79 Å². The molecule has 7 nitrogen and oxygen atoms in total. The van der Waals surface area contributed by atoms with E-state index in [0.717, 1.165) is 71.2 Å². The maximum Gasteiger partial charge on any atom is 0.410 e. The normalized spacial score (nSPS) is 27.5. The Balaban J connectivity index is 0.00000274. The summed E-state index contributed by atoms with van der Waals surface area (Å²) in [5.41, 5.74) is 2.95. The fourth-order valence-corrected chi connectivity index (χ4v) is 6.39. The summed E-state index contributed by atoms with van der Waals surface area (Å²) >= 11 is 0. The van der Waals surface area contributed by atoms with Gasteiger partial charge in [0.15, 0.2) is 0 Å². The van der Waals surface area contributed by atoms with Gasteiger partial charge in [-0.05, 0) is 62.2 Å². The highest BCUT2D eigenvalue weighted by Gasteiger charge is 2.45. The van der Waals surface area contributed by atoms with E-state index in [1.807, 2.05) is 4.90 Å². The number of piperidine rings is 2. The lowest BCUT2D eigenvalue weighted by molar-refractivity contribution is -0.119. The van der Waals surface area contributed by atoms with Crippen molar-refractivity contribution in [1.82, 2.24) is 15.1 Å². The molecular formula is C26H39N3O4. The number of hydrogen-bond acceptors (Lipinski definition) is 5. The third-order valence-electron chi connectivity index (χ3n) is 8.24. The molecule has 0 bridgehead atoms. The summed E-state index contributed by atoms with van der Waals surface area (Å²) in [6, 6.07) is 8.84. The molecular weight excluding hydrogens is 418 g/mol. The van der Waals surface area contributed by atoms with E-state index in [1.165, 1.54) is 11.1 Å². The predicted octanol–water partition coefficient (Wildman–Crippen LogP) is 3.48. The molecule has 0 radical (unpaired) electrons. The molecule has 1 spiro atoms. The molecule has 0 aromatic heterocycles. The topological polar surface area (TPSA) is 71.1 Å². The van der Waals surface area contributed by atoms with E-state index in [4.69, 9.17) is 9.47 Å². The first-order chi connectivity index (χ1) is 16.0. The Morgan fingerprint density at radius 1 is 1.15 bits per heavy atom. The molecule has 3 fully saturated rings. The van der Waals surface area contributed by atoms with Gasteiger partial charge < -0.3 is 24.6 Å². The average molecular weight is 458 g/mol. The smallest absolute Gasteiger partial charge is 0.410 e. The number of hydrogen-bond donors (Lipinski definition) is 1. The summed E-state index contributed by atoms with van der Waals surface area (Å²) in [4.78, 5) is 28.6. The number of rotatable bonds is 4. The van der Waals surface area contributed by atoms with E-state index in [-0.39, 0.29) is 31.0 Å². The first-order valence-electron chi connectivity index (χ1n) is 12.6. The molecule has 4 aliphatic rings. The lowest BCUT2D eigenvalue weighted by Crippen LogP contribution is -2.46. The van der Waals surface area contributed by atoms with E-state index in [0.29, 0.717) is 19.1 Å². The zero-order valence-electron chi connectivity index (χ0n) is 19.8. The number of likely N-dealkylation sites (tertiary alicyclic amines) is 2. The van der Waals surface area contributed by atoms with Crippen molar-refractivity contribution in [2.75, 3.05) is 45.9 Å². The minimum atomic E-state index is -0.169. The van der Waals surface area contributed by atoms with Crippen LogP contribution in [0.5, 0.6) is 0 Å². The zero-order chi connectivity index (χ0) is 22.8. The average Bonchev–Trinajstić information content (AvgIpc) is 3.43. The number of nitrogens with one attached hydrogen (secondary N) is 1. The molecule has 0 saturated carbocycles. The van der Waals surface area contributed by atoms with E-state index in [1.54, 1.807) is 6.92 Å². The zero-order valence-corrected chi connectivity index (χ0v) is 19.8. The Bertz CT molecular complexity index is 859. The summed E-state index contributed by atoms with van der Waals surface area (Å²) in [5, 5.41) is 3.18. The summed E-state index contributed by atoms with van der Waals surface area (Å²) < 4.78 is 10.9. The molecule has 3 heterocycles. The van der Waals surface area contributed by atoms with Gasteiger partial charge in [-0.15, -0.1) is 0 Å². The fraction of sp³-hybridized carbons (Fsp3) is 0.692. The van der Waals surface area contributed by atoms with Crippen molar-refractivity contribution in [3.8, 4) is 0 Å². The summed E-state index contributed by atoms with van der Waals surface area (Å²) in [6.07, 6.45) is 5.99. The quantitative estimate of drug-likeness (QED) is 0.750. The van der Waals surface area contributed by atoms with Crippen LogP contribution in [0.3, 0.4) is 0 Å². The molecule has 3 aliphatic heterocycles. The molecule has 1 aromatic carbocycles. The van der Waals surface area contributed by atoms with Crippen LogP contribution in [0.4, 0.5) is 4.79 Å². The molecule has 33 heavy (non-hydrogen) atoms. The van der Waals surface area contributed by atoms with E-state index in [9.17, 15) is 9.59 Å². The summed E-state index contributed by atoms with van der Waals surface area (Å²) in [6.45, 7) is 7.75. The monoisotopic (exact) mass is 457 g/mol. The number of carbonyl (C=O) groups is 2. The van der Waals surface area contributed by atoms with Gasteiger partial charge in [-0.1, -0.05) is 24.3 Å². The summed E-state index contributed by atoms with van der Waals surface area (Å²) in [5.74, 6) is 0.692. The van der Waals surface area contributed by atoms with Crippen LogP contribution in [-0.4, -0.2) is 73.8 Å². The predicted molar refractivity (Wildman–Crippen MR) is 127 cm³/mol. The van der Waals surface area contributed by atoms with E-state index < -0.39 is 0 Å². The van der Waals surface area contributed by atoms with Crippen molar-refractivity contribution in [2.24, 2.45) is 5.92 Å². The number of fused-ring (bicyclic) bond motifs is 2. The molecule has 2 atom stereocenters. The van der Waals surface area contributed by atoms with Crippen LogP contribution >= 0.6 is 0 Å². The highest BCUT2D eigenvalue weighted by molar-refractivity contribution is 5.74. The molecule has 3 saturated heterocycles. The van der Waals surface area contributed by atoms with Gasteiger partial charge in [-0.2, -0.15) is 0 Å². The standard InChI is InChI=1S/C26H37N3O4.H2/c1-19(30)27-24-16-26(23-5-3-2-4-22(23)24)9-13-28(14-10-26)17-20-6-11-29(12-7-20)25(31)33-21-8-15-32-18-21;/h2-5,20-21,24H,6-18H2,1H3,(H,27,30);1H/t21-,24+;/m1./s1. The molecule has 1 aromatic rings. The van der Waals surface area contributed by atoms with Gasteiger partial charge >= 0.3 is 6.09 Å². The molecule has 182 valence electrons. The van der Waals surface area contributed by atoms with Gasteiger partial charge in [0.25, 0.3) is 0 Å². The number of amides is 2. The highest BCUT2D eigenvalue weighted by Crippen LogP contribution is 2.50. The van der Waals surface area contributed by atoms with Crippen LogP contribution in [0.25, 0.3) is 0 Å². The lowest BCUT2D eigenvalue weighted by atomic mass is 9.73. The highest BCUT2D eigenvalue weighted by atomic mass is 16.6. The fourth-order valence-electron chi connectivity index (χ4n) is 6.39. The Labute approximate surface area is 198 Å². The van der Waals surface area contributed by atoms with Gasteiger partial charge in [0.1, 0.15) is 6.10 Å². The van der Waals surface area contributed by atoms with Gasteiger partial charge in [0.05, 0.1) is 19.3 Å². The third-order valence-corrected chi connectivity index (χ3v) is 8.24. The first-order valence-corrected chi connectivity index (χ1v) is 12.6. The van der Waals surface area contributed by atoms with Crippen molar-refractivity contribution < 1.29 is 20.5 Å². The molecule has 7 heteroatoms. The largest absolute Gasteiger partial charge is 0.444 e. The van der Waals surface area contributed by atoms with Crippen molar-refractivity contribution >= 4 is 12.0 Å². The van der Waals surface area contributed by atoms with Gasteiger partial charge in [-0.3, -0.25) is 4.79 Å². The van der Waals surface area contributed by atoms with Crippen LogP contribution in [0.15, 0.2) is 24.3 Å². The van der Waals surface area contributed by atoms with E-state index in [2.05, 4.69) is 34.5 Å². The van der Waals surface area contributed by atoms with E-state index >= 15 is 0 Å². The Hall–Kier alpha value is -2.12. The molecule has 5 rings (SSSR count). The molecule has 0 unspecified atom stereocenters. The van der Waals surface area contributed by atoms with Crippen LogP contribution in [-0.2, 0) is 19.7 Å². The third kappa shape index (κ3) is 4.90. The van der Waals surface area contributed by atoms with Crippen LogP contribution in [0, 0.1) is 5.92 Å². The van der Waals surface area contributed by atoms with Crippen LogP contribution < -0.4 is 5.32 Å². The number of ether oxygens (including phenoxy) is 2. The maximum atomic E-state index is 12.4. The van der Waals surface area contributed by atoms with Crippen LogP contribution in [0.1, 0.15) is 64.0 Å². The van der Waals surface area contributed by atoms with Crippen molar-refractivity contribution in [3.63, 3.8) is 0 Å².